The molecule has 0 spiro atoms. The quantitative estimate of drug-likeness (QED) is 0.522. The zero-order chi connectivity index (χ0) is 14.4. The van der Waals surface area contributed by atoms with Crippen molar-refractivity contribution < 1.29 is 9.90 Å². The van der Waals surface area contributed by atoms with Crippen LogP contribution in [0.1, 0.15) is 36.3 Å². The van der Waals surface area contributed by atoms with Gasteiger partial charge in [-0.3, -0.25) is 4.79 Å². The van der Waals surface area contributed by atoms with Crippen molar-refractivity contribution in [3.8, 4) is 0 Å². The van der Waals surface area contributed by atoms with Crippen molar-refractivity contribution in [3.05, 3.63) is 23.4 Å². The molecule has 0 saturated carbocycles. The summed E-state index contributed by atoms with van der Waals surface area (Å²) >= 11 is 0. The molecular weight excluding hydrogens is 244 g/mol. The summed E-state index contributed by atoms with van der Waals surface area (Å²) in [6.45, 7) is 4.18. The Kier molecular flexibility index (Phi) is 5.72. The van der Waals surface area contributed by atoms with Gasteiger partial charge in [-0.05, 0) is 31.9 Å². The molecule has 1 heterocycles. The number of hydrogen-bond acceptors (Lipinski definition) is 5. The van der Waals surface area contributed by atoms with E-state index in [1.54, 1.807) is 31.0 Å². The Morgan fingerprint density at radius 2 is 2.26 bits per heavy atom. The number of nitrogen functional groups attached to an aromatic ring is 1. The third kappa shape index (κ3) is 4.50. The van der Waals surface area contributed by atoms with Gasteiger partial charge in [0.1, 0.15) is 5.82 Å². The fourth-order valence-electron chi connectivity index (χ4n) is 1.67. The average molecular weight is 266 g/mol. The molecule has 1 atom stereocenters. The van der Waals surface area contributed by atoms with Crippen LogP contribution in [0.15, 0.2) is 12.1 Å². The maximum absolute atomic E-state index is 12.2. The van der Waals surface area contributed by atoms with Crippen LogP contribution in [-0.4, -0.2) is 40.6 Å². The van der Waals surface area contributed by atoms with Crippen molar-refractivity contribution in [1.82, 2.24) is 9.88 Å². The van der Waals surface area contributed by atoms with Gasteiger partial charge in [0, 0.05) is 24.8 Å². The number of aliphatic hydroxyl groups excluding tert-OH is 1. The van der Waals surface area contributed by atoms with Gasteiger partial charge < -0.3 is 15.4 Å². The Morgan fingerprint density at radius 1 is 1.58 bits per heavy atom. The lowest BCUT2D eigenvalue weighted by Crippen LogP contribution is -2.29. The van der Waals surface area contributed by atoms with Gasteiger partial charge >= 0.3 is 0 Å². The number of aryl methyl sites for hydroxylation is 1. The molecule has 0 bridgehead atoms. The van der Waals surface area contributed by atoms with Crippen molar-refractivity contribution in [2.24, 2.45) is 5.84 Å². The normalized spacial score (nSPS) is 12.1. The number of hydrogen-bond donors (Lipinski definition) is 3. The summed E-state index contributed by atoms with van der Waals surface area (Å²) < 4.78 is 0. The number of aromatic nitrogens is 1. The molecule has 1 aromatic heterocycles. The summed E-state index contributed by atoms with van der Waals surface area (Å²) in [5, 5.41) is 9.24. The summed E-state index contributed by atoms with van der Waals surface area (Å²) in [5.74, 6) is 5.72. The molecule has 0 aliphatic heterocycles. The molecule has 0 aliphatic rings. The number of nitrogens with zero attached hydrogens (tertiary/aromatic N) is 2. The van der Waals surface area contributed by atoms with Crippen LogP contribution in [0, 0.1) is 0 Å². The van der Waals surface area contributed by atoms with E-state index in [-0.39, 0.29) is 5.91 Å². The molecule has 19 heavy (non-hydrogen) atoms. The van der Waals surface area contributed by atoms with Crippen LogP contribution in [0.4, 0.5) is 5.82 Å². The van der Waals surface area contributed by atoms with E-state index in [4.69, 9.17) is 5.84 Å². The van der Waals surface area contributed by atoms with Crippen molar-refractivity contribution in [1.29, 1.82) is 0 Å². The Hall–Kier alpha value is -1.66. The first-order chi connectivity index (χ1) is 8.97. The molecule has 0 radical (unpaired) electrons. The Bertz CT molecular complexity index is 412. The van der Waals surface area contributed by atoms with E-state index in [0.717, 1.165) is 12.1 Å². The second-order valence-electron chi connectivity index (χ2n) is 4.59. The number of carbonyl (C=O) groups is 1. The lowest BCUT2D eigenvalue weighted by molar-refractivity contribution is 0.0769. The Balaban J connectivity index is 2.85. The van der Waals surface area contributed by atoms with Crippen molar-refractivity contribution in [2.75, 3.05) is 19.0 Å². The second-order valence-corrected chi connectivity index (χ2v) is 4.59. The lowest BCUT2D eigenvalue weighted by atomic mass is 10.1. The summed E-state index contributed by atoms with van der Waals surface area (Å²) in [6.07, 6.45) is 0.864. The number of nitrogens with two attached hydrogens (primary N) is 1. The number of aliphatic hydroxyl groups is 1. The summed E-state index contributed by atoms with van der Waals surface area (Å²) in [5.41, 5.74) is 3.82. The number of pyridine rings is 1. The highest BCUT2D eigenvalue weighted by atomic mass is 16.3. The van der Waals surface area contributed by atoms with Gasteiger partial charge in [0.2, 0.25) is 0 Å². The van der Waals surface area contributed by atoms with Crippen molar-refractivity contribution >= 4 is 11.7 Å². The molecule has 4 N–H and O–H groups in total. The maximum atomic E-state index is 12.2. The van der Waals surface area contributed by atoms with Crippen LogP contribution in [0.2, 0.25) is 0 Å². The van der Waals surface area contributed by atoms with E-state index < -0.39 is 6.10 Å². The third-order valence-corrected chi connectivity index (χ3v) is 2.86. The highest BCUT2D eigenvalue weighted by molar-refractivity contribution is 5.94. The average Bonchev–Trinajstić information content (AvgIpc) is 2.42. The van der Waals surface area contributed by atoms with Gasteiger partial charge in [0.05, 0.1) is 6.10 Å². The molecule has 106 valence electrons. The van der Waals surface area contributed by atoms with E-state index in [1.807, 2.05) is 6.92 Å². The molecule has 6 heteroatoms. The molecule has 1 rings (SSSR count). The minimum Gasteiger partial charge on any atom is -0.393 e. The van der Waals surface area contributed by atoms with Crippen LogP contribution in [0.25, 0.3) is 0 Å². The first kappa shape index (κ1) is 15.4. The molecule has 0 aromatic carbocycles. The molecule has 1 unspecified atom stereocenters. The molecule has 1 aromatic rings. The first-order valence-corrected chi connectivity index (χ1v) is 6.39. The minimum atomic E-state index is -0.417. The fraction of sp³-hybridized carbons (Fsp3) is 0.538. The zero-order valence-electron chi connectivity index (χ0n) is 11.7. The minimum absolute atomic E-state index is 0.103. The molecule has 0 aliphatic carbocycles. The fourth-order valence-corrected chi connectivity index (χ4v) is 1.67. The highest BCUT2D eigenvalue weighted by Crippen LogP contribution is 2.12. The number of anilines is 1. The van der Waals surface area contributed by atoms with Gasteiger partial charge in [-0.15, -0.1) is 0 Å². The van der Waals surface area contributed by atoms with Crippen LogP contribution in [0.3, 0.4) is 0 Å². The van der Waals surface area contributed by atoms with Gasteiger partial charge in [0.15, 0.2) is 0 Å². The van der Waals surface area contributed by atoms with E-state index >= 15 is 0 Å². The summed E-state index contributed by atoms with van der Waals surface area (Å²) in [6, 6.07) is 3.39. The summed E-state index contributed by atoms with van der Waals surface area (Å²) in [7, 11) is 1.71. The highest BCUT2D eigenvalue weighted by Gasteiger charge is 2.14. The number of nitrogens with one attached hydrogen (secondary N) is 1. The number of rotatable bonds is 6. The maximum Gasteiger partial charge on any atom is 0.253 e. The van der Waals surface area contributed by atoms with Crippen LogP contribution >= 0.6 is 0 Å². The monoisotopic (exact) mass is 266 g/mol. The predicted molar refractivity (Wildman–Crippen MR) is 74.7 cm³/mol. The largest absolute Gasteiger partial charge is 0.393 e. The molecule has 0 fully saturated rings. The van der Waals surface area contributed by atoms with E-state index in [0.29, 0.717) is 24.3 Å². The second kappa shape index (κ2) is 7.06. The standard InChI is InChI=1S/C13H22N4O2/c1-4-11-7-10(8-12(15-11)16-14)13(19)17(3)6-5-9(2)18/h7-9,18H,4-6,14H2,1-3H3,(H,15,16). The first-order valence-electron chi connectivity index (χ1n) is 6.39. The number of hydrazine groups is 1. The molecular formula is C13H22N4O2. The van der Waals surface area contributed by atoms with E-state index in [9.17, 15) is 9.90 Å². The van der Waals surface area contributed by atoms with Crippen molar-refractivity contribution in [2.45, 2.75) is 32.8 Å². The molecule has 6 nitrogen and oxygen atoms in total. The van der Waals surface area contributed by atoms with Crippen LogP contribution in [-0.2, 0) is 6.42 Å². The molecule has 0 saturated heterocycles. The summed E-state index contributed by atoms with van der Waals surface area (Å²) in [4.78, 5) is 18.1. The van der Waals surface area contributed by atoms with E-state index in [1.165, 1.54) is 0 Å². The zero-order valence-corrected chi connectivity index (χ0v) is 11.7. The third-order valence-electron chi connectivity index (χ3n) is 2.86. The number of amides is 1. The Morgan fingerprint density at radius 3 is 2.79 bits per heavy atom. The topological polar surface area (TPSA) is 91.5 Å². The number of carbonyl (C=O) groups excluding carboxylic acids is 1. The van der Waals surface area contributed by atoms with Crippen molar-refractivity contribution in [3.63, 3.8) is 0 Å². The van der Waals surface area contributed by atoms with Gasteiger partial charge in [-0.25, -0.2) is 10.8 Å². The van der Waals surface area contributed by atoms with Gasteiger partial charge in [-0.1, -0.05) is 6.92 Å². The van der Waals surface area contributed by atoms with Crippen LogP contribution in [0.5, 0.6) is 0 Å². The smallest absolute Gasteiger partial charge is 0.253 e. The van der Waals surface area contributed by atoms with Gasteiger partial charge in [-0.2, -0.15) is 0 Å². The van der Waals surface area contributed by atoms with Crippen LogP contribution < -0.4 is 11.3 Å². The Labute approximate surface area is 113 Å². The molecule has 1 amide bonds. The predicted octanol–water partition coefficient (Wildman–Crippen LogP) is 0.772. The lowest BCUT2D eigenvalue weighted by Gasteiger charge is -2.18. The van der Waals surface area contributed by atoms with Gasteiger partial charge in [0.25, 0.3) is 5.91 Å². The van der Waals surface area contributed by atoms with E-state index in [2.05, 4.69) is 10.4 Å². The SMILES string of the molecule is CCc1cc(C(=O)N(C)CCC(C)O)cc(NN)n1.